The van der Waals surface area contributed by atoms with E-state index in [9.17, 15) is 4.79 Å². The third kappa shape index (κ3) is 1.36. The molecule has 13 heavy (non-hydrogen) atoms. The van der Waals surface area contributed by atoms with Crippen LogP contribution in [0.1, 0.15) is 15.9 Å². The van der Waals surface area contributed by atoms with Gasteiger partial charge in [0.15, 0.2) is 5.78 Å². The summed E-state index contributed by atoms with van der Waals surface area (Å²) in [5.74, 6) is 0.133. The maximum atomic E-state index is 11.7. The van der Waals surface area contributed by atoms with E-state index in [1.165, 1.54) is 4.42 Å². The fraction of sp³-hybridized carbons (Fsp3) is 0.300. The molecule has 1 aliphatic rings. The first-order chi connectivity index (χ1) is 6.20. The summed E-state index contributed by atoms with van der Waals surface area (Å²) < 4.78 is 1.46. The van der Waals surface area contributed by atoms with E-state index in [2.05, 4.69) is 0 Å². The second-order valence-corrected chi connectivity index (χ2v) is 3.80. The Bertz CT molecular complexity index is 349. The molecule has 2 nitrogen and oxygen atoms in total. The van der Waals surface area contributed by atoms with Crippen molar-refractivity contribution in [3.05, 3.63) is 35.4 Å². The highest BCUT2D eigenvalue weighted by molar-refractivity contribution is 6.17. The number of nitrogens with zero attached hydrogens (tertiary/aromatic N) is 1. The standard InChI is InChI=1S/C10H10ClNO/c1-12(11)9-6-7-4-2-3-5-8(7)10(9)13/h2-5,9H,6H2,1H3. The summed E-state index contributed by atoms with van der Waals surface area (Å²) in [5, 5.41) is 0. The lowest BCUT2D eigenvalue weighted by molar-refractivity contribution is 0.0928. The molecular formula is C10H10ClNO. The van der Waals surface area contributed by atoms with Crippen LogP contribution in [0, 0.1) is 0 Å². The first-order valence-corrected chi connectivity index (χ1v) is 4.54. The number of carbonyl (C=O) groups is 1. The summed E-state index contributed by atoms with van der Waals surface area (Å²) in [6, 6.07) is 7.49. The summed E-state index contributed by atoms with van der Waals surface area (Å²) in [6.07, 6.45) is 0.731. The smallest absolute Gasteiger partial charge is 0.181 e. The van der Waals surface area contributed by atoms with Gasteiger partial charge in [0.05, 0.1) is 6.04 Å². The van der Waals surface area contributed by atoms with Crippen LogP contribution in [-0.2, 0) is 6.42 Å². The Morgan fingerprint density at radius 1 is 1.46 bits per heavy atom. The van der Waals surface area contributed by atoms with Gasteiger partial charge in [-0.05, 0) is 23.8 Å². The molecule has 1 aromatic rings. The largest absolute Gasteiger partial charge is 0.292 e. The monoisotopic (exact) mass is 195 g/mol. The number of benzene rings is 1. The van der Waals surface area contributed by atoms with Crippen molar-refractivity contribution in [2.45, 2.75) is 12.5 Å². The van der Waals surface area contributed by atoms with Crippen LogP contribution in [0.5, 0.6) is 0 Å². The fourth-order valence-electron chi connectivity index (χ4n) is 1.71. The van der Waals surface area contributed by atoms with E-state index in [1.54, 1.807) is 7.05 Å². The van der Waals surface area contributed by atoms with E-state index in [-0.39, 0.29) is 11.8 Å². The molecule has 0 fully saturated rings. The number of Topliss-reactive ketones (excluding diaryl/α,β-unsaturated/α-hetero) is 1. The van der Waals surface area contributed by atoms with Gasteiger partial charge in [-0.25, -0.2) is 4.42 Å². The van der Waals surface area contributed by atoms with E-state index in [4.69, 9.17) is 11.8 Å². The van der Waals surface area contributed by atoms with Crippen molar-refractivity contribution in [2.24, 2.45) is 0 Å². The van der Waals surface area contributed by atoms with Gasteiger partial charge in [-0.1, -0.05) is 24.3 Å². The molecule has 0 aromatic heterocycles. The van der Waals surface area contributed by atoms with Crippen molar-refractivity contribution in [1.82, 2.24) is 4.42 Å². The molecule has 2 rings (SSSR count). The van der Waals surface area contributed by atoms with Crippen molar-refractivity contribution in [3.8, 4) is 0 Å². The quantitative estimate of drug-likeness (QED) is 0.638. The summed E-state index contributed by atoms with van der Waals surface area (Å²) in [4.78, 5) is 11.7. The van der Waals surface area contributed by atoms with Gasteiger partial charge in [0, 0.05) is 12.6 Å². The zero-order chi connectivity index (χ0) is 9.42. The van der Waals surface area contributed by atoms with Crippen molar-refractivity contribution >= 4 is 17.6 Å². The van der Waals surface area contributed by atoms with Crippen molar-refractivity contribution in [1.29, 1.82) is 0 Å². The number of ketones is 1. The van der Waals surface area contributed by atoms with E-state index >= 15 is 0 Å². The molecule has 0 saturated carbocycles. The SMILES string of the molecule is CN(Cl)C1Cc2ccccc2C1=O. The van der Waals surface area contributed by atoms with Gasteiger partial charge in [0.2, 0.25) is 0 Å². The van der Waals surface area contributed by atoms with E-state index in [1.807, 2.05) is 24.3 Å². The number of halogens is 1. The lowest BCUT2D eigenvalue weighted by Gasteiger charge is -2.12. The molecule has 0 radical (unpaired) electrons. The molecule has 0 spiro atoms. The minimum atomic E-state index is -0.181. The zero-order valence-corrected chi connectivity index (χ0v) is 8.08. The number of fused-ring (bicyclic) bond motifs is 1. The number of hydrogen-bond acceptors (Lipinski definition) is 2. The number of hydrogen-bond donors (Lipinski definition) is 0. The van der Waals surface area contributed by atoms with Crippen LogP contribution in [-0.4, -0.2) is 23.3 Å². The molecule has 0 heterocycles. The number of carbonyl (C=O) groups excluding carboxylic acids is 1. The normalized spacial score (nSPS) is 20.8. The van der Waals surface area contributed by atoms with Gasteiger partial charge in [-0.15, -0.1) is 0 Å². The zero-order valence-electron chi connectivity index (χ0n) is 7.33. The summed E-state index contributed by atoms with van der Waals surface area (Å²) in [7, 11) is 1.72. The van der Waals surface area contributed by atoms with Crippen molar-refractivity contribution < 1.29 is 4.79 Å². The van der Waals surface area contributed by atoms with E-state index < -0.39 is 0 Å². The molecular weight excluding hydrogens is 186 g/mol. The Hall–Kier alpha value is -0.860. The Morgan fingerprint density at radius 3 is 2.77 bits per heavy atom. The fourth-order valence-corrected chi connectivity index (χ4v) is 1.86. The summed E-state index contributed by atoms with van der Waals surface area (Å²) >= 11 is 5.78. The molecule has 1 unspecified atom stereocenters. The Morgan fingerprint density at radius 2 is 2.15 bits per heavy atom. The minimum Gasteiger partial charge on any atom is -0.292 e. The van der Waals surface area contributed by atoms with Crippen LogP contribution in [0.4, 0.5) is 0 Å². The summed E-state index contributed by atoms with van der Waals surface area (Å²) in [5.41, 5.74) is 1.92. The molecule has 0 aliphatic heterocycles. The van der Waals surface area contributed by atoms with Gasteiger partial charge in [0.1, 0.15) is 0 Å². The maximum Gasteiger partial charge on any atom is 0.181 e. The second-order valence-electron chi connectivity index (χ2n) is 3.27. The highest BCUT2D eigenvalue weighted by Crippen LogP contribution is 2.25. The lowest BCUT2D eigenvalue weighted by atomic mass is 10.1. The molecule has 68 valence electrons. The van der Waals surface area contributed by atoms with Gasteiger partial charge in [-0.2, -0.15) is 0 Å². The maximum absolute atomic E-state index is 11.7. The highest BCUT2D eigenvalue weighted by Gasteiger charge is 2.32. The predicted octanol–water partition coefficient (Wildman–Crippen LogP) is 1.88. The van der Waals surface area contributed by atoms with Crippen LogP contribution in [0.25, 0.3) is 0 Å². The molecule has 0 bridgehead atoms. The first kappa shape index (κ1) is 8.73. The molecule has 0 N–H and O–H groups in total. The predicted molar refractivity (Wildman–Crippen MR) is 51.9 cm³/mol. The van der Waals surface area contributed by atoms with Gasteiger partial charge >= 0.3 is 0 Å². The average molecular weight is 196 g/mol. The van der Waals surface area contributed by atoms with Crippen molar-refractivity contribution in [3.63, 3.8) is 0 Å². The second kappa shape index (κ2) is 3.13. The molecule has 3 heteroatoms. The molecule has 1 aliphatic carbocycles. The third-order valence-corrected chi connectivity index (χ3v) is 2.66. The Kier molecular flexibility index (Phi) is 2.10. The molecule has 0 saturated heterocycles. The van der Waals surface area contributed by atoms with Crippen LogP contribution in [0.15, 0.2) is 24.3 Å². The van der Waals surface area contributed by atoms with Gasteiger partial charge in [-0.3, -0.25) is 4.79 Å². The first-order valence-electron chi connectivity index (χ1n) is 4.21. The Balaban J connectivity index is 2.38. The molecule has 1 atom stereocenters. The van der Waals surface area contributed by atoms with Gasteiger partial charge < -0.3 is 0 Å². The topological polar surface area (TPSA) is 20.3 Å². The lowest BCUT2D eigenvalue weighted by Crippen LogP contribution is -2.29. The summed E-state index contributed by atoms with van der Waals surface area (Å²) in [6.45, 7) is 0. The van der Waals surface area contributed by atoms with Crippen molar-refractivity contribution in [2.75, 3.05) is 7.05 Å². The molecule has 0 amide bonds. The van der Waals surface area contributed by atoms with Crippen LogP contribution < -0.4 is 0 Å². The highest BCUT2D eigenvalue weighted by atomic mass is 35.5. The van der Waals surface area contributed by atoms with Crippen LogP contribution >= 0.6 is 11.8 Å². The minimum absolute atomic E-state index is 0.133. The van der Waals surface area contributed by atoms with Crippen LogP contribution in [0.3, 0.4) is 0 Å². The Labute approximate surface area is 82.2 Å². The molecule has 1 aromatic carbocycles. The van der Waals surface area contributed by atoms with Gasteiger partial charge in [0.25, 0.3) is 0 Å². The van der Waals surface area contributed by atoms with Crippen LogP contribution in [0.2, 0.25) is 0 Å². The van der Waals surface area contributed by atoms with E-state index in [0.717, 1.165) is 17.5 Å². The number of likely N-dealkylation sites (N-methyl/N-ethyl adjacent to an activating group) is 1. The average Bonchev–Trinajstić information content (AvgIpc) is 2.45. The van der Waals surface area contributed by atoms with E-state index in [0.29, 0.717) is 0 Å². The number of rotatable bonds is 1. The third-order valence-electron chi connectivity index (χ3n) is 2.43.